The molecule has 2 aromatic carbocycles. The fraction of sp³-hybridized carbons (Fsp3) is 0. The molecule has 0 nitrogen and oxygen atoms in total. The fourth-order valence-electron chi connectivity index (χ4n) is 1.20. The van der Waals surface area contributed by atoms with E-state index < -0.39 is 0 Å². The third-order valence-corrected chi connectivity index (χ3v) is 3.88. The van der Waals surface area contributed by atoms with Crippen molar-refractivity contribution in [3.05, 3.63) is 60.2 Å². The Morgan fingerprint density at radius 2 is 1.20 bits per heavy atom. The van der Waals surface area contributed by atoms with Gasteiger partial charge in [0.1, 0.15) is 0 Å². The van der Waals surface area contributed by atoms with Crippen molar-refractivity contribution in [1.82, 2.24) is 0 Å². The summed E-state index contributed by atoms with van der Waals surface area (Å²) in [6, 6.07) is 12.9. The molecule has 0 aliphatic carbocycles. The zero-order chi connectivity index (χ0) is 10.7. The number of rotatable bonds is 2. The van der Waals surface area contributed by atoms with E-state index in [0.29, 0.717) is 0 Å². The van der Waals surface area contributed by atoms with Gasteiger partial charge in [-0.05, 0) is 0 Å². The molecule has 0 unspecified atom stereocenters. The molecule has 0 aliphatic rings. The molecule has 0 amide bonds. The van der Waals surface area contributed by atoms with Crippen molar-refractivity contribution >= 4 is 23.9 Å². The first-order chi connectivity index (χ1) is 7.24. The number of hydrogen-bond acceptors (Lipinski definition) is 0. The minimum atomic E-state index is -0.245. The van der Waals surface area contributed by atoms with E-state index in [1.807, 2.05) is 12.1 Å². The van der Waals surface area contributed by atoms with Crippen molar-refractivity contribution in [2.24, 2.45) is 0 Å². The van der Waals surface area contributed by atoms with Crippen molar-refractivity contribution in [3.8, 4) is 0 Å². The zero-order valence-electron chi connectivity index (χ0n) is 7.78. The van der Waals surface area contributed by atoms with Crippen LogP contribution in [0.5, 0.6) is 0 Å². The van der Waals surface area contributed by atoms with Crippen molar-refractivity contribution in [2.75, 3.05) is 0 Å². The predicted octanol–water partition coefficient (Wildman–Crippen LogP) is 1.62. The van der Waals surface area contributed by atoms with E-state index in [1.54, 1.807) is 12.1 Å². The van der Waals surface area contributed by atoms with Gasteiger partial charge < -0.3 is 0 Å². The first-order valence-corrected chi connectivity index (χ1v) is 6.14. The van der Waals surface area contributed by atoms with Crippen LogP contribution in [0.2, 0.25) is 0 Å². The van der Waals surface area contributed by atoms with Crippen LogP contribution < -0.4 is 8.92 Å². The van der Waals surface area contributed by atoms with Gasteiger partial charge in [-0.3, -0.25) is 0 Å². The fourth-order valence-corrected chi connectivity index (χ4v) is 3.10. The molecule has 0 saturated carbocycles. The topological polar surface area (TPSA) is 0 Å². The first kappa shape index (κ1) is 10.3. The molecule has 0 fully saturated rings. The van der Waals surface area contributed by atoms with Gasteiger partial charge in [0.2, 0.25) is 0 Å². The first-order valence-electron chi connectivity index (χ1n) is 4.43. The van der Waals surface area contributed by atoms with Gasteiger partial charge >= 0.3 is 92.8 Å². The Bertz CT molecular complexity index is 425. The van der Waals surface area contributed by atoms with Crippen LogP contribution >= 0.6 is 0 Å². The second-order valence-electron chi connectivity index (χ2n) is 3.02. The van der Waals surface area contributed by atoms with E-state index in [4.69, 9.17) is 0 Å². The quantitative estimate of drug-likeness (QED) is 0.727. The predicted molar refractivity (Wildman–Crippen MR) is 57.8 cm³/mol. The van der Waals surface area contributed by atoms with E-state index in [0.717, 1.165) is 8.92 Å². The Kier molecular flexibility index (Phi) is 3.14. The van der Waals surface area contributed by atoms with Gasteiger partial charge in [-0.1, -0.05) is 0 Å². The minimum absolute atomic E-state index is 0.0375. The molecule has 0 radical (unpaired) electrons. The summed E-state index contributed by atoms with van der Waals surface area (Å²) in [5, 5.41) is 0. The van der Waals surface area contributed by atoms with Gasteiger partial charge in [0, 0.05) is 0 Å². The molecule has 0 aromatic heterocycles. The van der Waals surface area contributed by atoms with Gasteiger partial charge in [-0.15, -0.1) is 0 Å². The third-order valence-electron chi connectivity index (χ3n) is 1.83. The van der Waals surface area contributed by atoms with Gasteiger partial charge in [-0.25, -0.2) is 0 Å². The Morgan fingerprint density at radius 1 is 0.733 bits per heavy atom. The maximum atomic E-state index is 12.9. The molecule has 3 heteroatoms. The normalized spacial score (nSPS) is 10.3. The Balaban J connectivity index is 2.22. The summed E-state index contributed by atoms with van der Waals surface area (Å²) in [5.41, 5.74) is 0. The van der Waals surface area contributed by atoms with Crippen molar-refractivity contribution in [1.29, 1.82) is 0 Å². The summed E-state index contributed by atoms with van der Waals surface area (Å²) in [6.07, 6.45) is 0. The molecule has 0 atom stereocenters. The van der Waals surface area contributed by atoms with Gasteiger partial charge in [-0.2, -0.15) is 0 Å². The Hall–Kier alpha value is -1.18. The molecule has 2 aromatic rings. The molecular weight excluding hydrogens is 261 g/mol. The average molecular weight is 269 g/mol. The number of benzene rings is 2. The van der Waals surface area contributed by atoms with Gasteiger partial charge in [0.05, 0.1) is 0 Å². The van der Waals surface area contributed by atoms with Crippen LogP contribution in [0.1, 0.15) is 0 Å². The van der Waals surface area contributed by atoms with E-state index in [9.17, 15) is 8.78 Å². The number of hydrogen-bond donors (Lipinski definition) is 0. The maximum absolute atomic E-state index is 12.9. The summed E-state index contributed by atoms with van der Waals surface area (Å²) >= 11 is -0.0375. The van der Waals surface area contributed by atoms with Crippen molar-refractivity contribution in [2.45, 2.75) is 0 Å². The van der Waals surface area contributed by atoms with E-state index in [2.05, 4.69) is 0 Å². The van der Waals surface area contributed by atoms with Crippen LogP contribution in [0.3, 0.4) is 0 Å². The van der Waals surface area contributed by atoms with E-state index >= 15 is 0 Å². The van der Waals surface area contributed by atoms with Crippen molar-refractivity contribution in [3.63, 3.8) is 0 Å². The molecule has 0 heterocycles. The van der Waals surface area contributed by atoms with Crippen LogP contribution in [0.25, 0.3) is 0 Å². The second-order valence-corrected chi connectivity index (χ2v) is 5.42. The van der Waals surface area contributed by atoms with Crippen LogP contribution in [0.4, 0.5) is 8.78 Å². The molecule has 76 valence electrons. The summed E-state index contributed by atoms with van der Waals surface area (Å²) < 4.78 is 27.6. The average Bonchev–Trinajstić information content (AvgIpc) is 2.17. The van der Waals surface area contributed by atoms with Crippen LogP contribution in [0.15, 0.2) is 48.5 Å². The Labute approximate surface area is 93.1 Å². The summed E-state index contributed by atoms with van der Waals surface area (Å²) in [7, 11) is 0. The second kappa shape index (κ2) is 4.56. The summed E-state index contributed by atoms with van der Waals surface area (Å²) in [5.74, 6) is -0.489. The standard InChI is InChI=1S/C12H8F2Se/c13-9-3-1-5-11(7-9)15-12-6-2-4-10(14)8-12/h1-8H. The van der Waals surface area contributed by atoms with E-state index in [1.165, 1.54) is 24.3 Å². The monoisotopic (exact) mass is 270 g/mol. The summed E-state index contributed by atoms with van der Waals surface area (Å²) in [6.45, 7) is 0. The van der Waals surface area contributed by atoms with Crippen molar-refractivity contribution < 1.29 is 8.78 Å². The zero-order valence-corrected chi connectivity index (χ0v) is 9.50. The molecule has 15 heavy (non-hydrogen) atoms. The van der Waals surface area contributed by atoms with Crippen LogP contribution in [0, 0.1) is 11.6 Å². The summed E-state index contributed by atoms with van der Waals surface area (Å²) in [4.78, 5) is 0. The van der Waals surface area contributed by atoms with Crippen LogP contribution in [-0.4, -0.2) is 15.0 Å². The van der Waals surface area contributed by atoms with Gasteiger partial charge in [0.15, 0.2) is 0 Å². The van der Waals surface area contributed by atoms with E-state index in [-0.39, 0.29) is 26.6 Å². The van der Waals surface area contributed by atoms with Gasteiger partial charge in [0.25, 0.3) is 0 Å². The molecular formula is C12H8F2Se. The molecule has 0 spiro atoms. The number of halogens is 2. The molecule has 0 N–H and O–H groups in total. The molecule has 2 rings (SSSR count). The SMILES string of the molecule is Fc1cccc([Se]c2cccc(F)c2)c1. The third kappa shape index (κ3) is 2.88. The Morgan fingerprint density at radius 3 is 1.60 bits per heavy atom. The molecule has 0 bridgehead atoms. The van der Waals surface area contributed by atoms with Crippen LogP contribution in [-0.2, 0) is 0 Å². The molecule has 0 saturated heterocycles. The molecule has 0 aliphatic heterocycles.